The van der Waals surface area contributed by atoms with Crippen molar-refractivity contribution in [1.29, 1.82) is 0 Å². The number of hydrogen-bond acceptors (Lipinski definition) is 4. The normalized spacial score (nSPS) is 13.6. The number of fused-ring (bicyclic) bond motifs is 1. The van der Waals surface area contributed by atoms with E-state index >= 15 is 0 Å². The van der Waals surface area contributed by atoms with E-state index in [1.807, 2.05) is 65.6 Å². The summed E-state index contributed by atoms with van der Waals surface area (Å²) < 4.78 is 5.62. The standard InChI is InChI=1S/C24H23NO3S/c26-23(25-14-5-6-15-25)17-29-22-13-4-3-12-21(22)24(27)28-16-19-10-7-9-18-8-1-2-11-20(18)19/h1-4,7-13H,5-6,14-17H2. The second-order valence-electron chi connectivity index (χ2n) is 7.09. The number of benzene rings is 3. The van der Waals surface area contributed by atoms with Crippen molar-refractivity contribution in [1.82, 2.24) is 4.90 Å². The Morgan fingerprint density at radius 1 is 0.897 bits per heavy atom. The first-order chi connectivity index (χ1) is 14.2. The molecule has 1 saturated heterocycles. The second kappa shape index (κ2) is 9.14. The Kier molecular flexibility index (Phi) is 6.15. The number of hydrogen-bond donors (Lipinski definition) is 0. The third kappa shape index (κ3) is 4.62. The van der Waals surface area contributed by atoms with Crippen molar-refractivity contribution >= 4 is 34.4 Å². The lowest BCUT2D eigenvalue weighted by atomic mass is 10.1. The molecule has 0 radical (unpaired) electrons. The van der Waals surface area contributed by atoms with Gasteiger partial charge in [-0.2, -0.15) is 0 Å². The van der Waals surface area contributed by atoms with Gasteiger partial charge in [-0.1, -0.05) is 54.6 Å². The first-order valence-electron chi connectivity index (χ1n) is 9.86. The number of amides is 1. The van der Waals surface area contributed by atoms with Crippen LogP contribution in [0.3, 0.4) is 0 Å². The molecule has 0 spiro atoms. The van der Waals surface area contributed by atoms with Gasteiger partial charge < -0.3 is 9.64 Å². The van der Waals surface area contributed by atoms with Crippen molar-refractivity contribution in [3.05, 3.63) is 77.9 Å². The maximum Gasteiger partial charge on any atom is 0.339 e. The summed E-state index contributed by atoms with van der Waals surface area (Å²) in [5.74, 6) is 0.106. The maximum atomic E-state index is 12.7. The van der Waals surface area contributed by atoms with E-state index in [-0.39, 0.29) is 18.5 Å². The van der Waals surface area contributed by atoms with Gasteiger partial charge in [0, 0.05) is 18.0 Å². The van der Waals surface area contributed by atoms with Crippen LogP contribution in [0.4, 0.5) is 0 Å². The fraction of sp³-hybridized carbons (Fsp3) is 0.250. The third-order valence-electron chi connectivity index (χ3n) is 5.16. The van der Waals surface area contributed by atoms with Gasteiger partial charge >= 0.3 is 5.97 Å². The number of carbonyl (C=O) groups excluding carboxylic acids is 2. The Hall–Kier alpha value is -2.79. The molecule has 1 heterocycles. The van der Waals surface area contributed by atoms with Crippen molar-refractivity contribution < 1.29 is 14.3 Å². The molecular formula is C24H23NO3S. The minimum atomic E-state index is -0.366. The maximum absolute atomic E-state index is 12.7. The van der Waals surface area contributed by atoms with Gasteiger partial charge in [-0.15, -0.1) is 11.8 Å². The SMILES string of the molecule is O=C(OCc1cccc2ccccc12)c1ccccc1SCC(=O)N1CCCC1. The lowest BCUT2D eigenvalue weighted by molar-refractivity contribution is -0.127. The molecule has 1 aliphatic heterocycles. The van der Waals surface area contributed by atoms with Gasteiger partial charge in [-0.3, -0.25) is 4.79 Å². The molecule has 1 fully saturated rings. The molecule has 4 rings (SSSR count). The summed E-state index contributed by atoms with van der Waals surface area (Å²) >= 11 is 1.40. The number of likely N-dealkylation sites (tertiary alicyclic amines) is 1. The van der Waals surface area contributed by atoms with Crippen LogP contribution in [0.2, 0.25) is 0 Å². The van der Waals surface area contributed by atoms with Crippen molar-refractivity contribution in [2.75, 3.05) is 18.8 Å². The zero-order valence-electron chi connectivity index (χ0n) is 16.2. The average Bonchev–Trinajstić information content (AvgIpc) is 3.31. The molecule has 0 aromatic heterocycles. The van der Waals surface area contributed by atoms with Gasteiger partial charge in [-0.05, 0) is 41.3 Å². The Morgan fingerprint density at radius 3 is 2.48 bits per heavy atom. The minimum Gasteiger partial charge on any atom is -0.457 e. The summed E-state index contributed by atoms with van der Waals surface area (Å²) in [5, 5.41) is 2.21. The summed E-state index contributed by atoms with van der Waals surface area (Å²) in [6, 6.07) is 21.4. The first-order valence-corrected chi connectivity index (χ1v) is 10.8. The first kappa shape index (κ1) is 19.5. The molecule has 29 heavy (non-hydrogen) atoms. The highest BCUT2D eigenvalue weighted by Gasteiger charge is 2.19. The van der Waals surface area contributed by atoms with E-state index in [0.29, 0.717) is 11.3 Å². The van der Waals surface area contributed by atoms with Crippen LogP contribution in [0.25, 0.3) is 10.8 Å². The van der Waals surface area contributed by atoms with E-state index in [4.69, 9.17) is 4.74 Å². The number of carbonyl (C=O) groups is 2. The van der Waals surface area contributed by atoms with E-state index in [0.717, 1.165) is 47.2 Å². The Bertz CT molecular complexity index is 1020. The van der Waals surface area contributed by atoms with Gasteiger partial charge in [0.25, 0.3) is 0 Å². The fourth-order valence-corrected chi connectivity index (χ4v) is 4.54. The van der Waals surface area contributed by atoms with Crippen molar-refractivity contribution in [2.45, 2.75) is 24.3 Å². The van der Waals surface area contributed by atoms with Gasteiger partial charge in [0.15, 0.2) is 0 Å². The van der Waals surface area contributed by atoms with Crippen LogP contribution < -0.4 is 0 Å². The summed E-state index contributed by atoms with van der Waals surface area (Å²) in [6.45, 7) is 1.90. The van der Waals surface area contributed by atoms with Crippen LogP contribution >= 0.6 is 11.8 Å². The van der Waals surface area contributed by atoms with Gasteiger partial charge in [0.1, 0.15) is 6.61 Å². The summed E-state index contributed by atoms with van der Waals surface area (Å²) in [6.07, 6.45) is 2.15. The lowest BCUT2D eigenvalue weighted by Gasteiger charge is -2.15. The molecule has 3 aromatic rings. The van der Waals surface area contributed by atoms with Crippen LogP contribution in [0.5, 0.6) is 0 Å². The molecule has 0 aliphatic carbocycles. The Labute approximate surface area is 174 Å². The topological polar surface area (TPSA) is 46.6 Å². The van der Waals surface area contributed by atoms with E-state index in [9.17, 15) is 9.59 Å². The molecular weight excluding hydrogens is 382 g/mol. The molecule has 3 aromatic carbocycles. The molecule has 4 nitrogen and oxygen atoms in total. The van der Waals surface area contributed by atoms with E-state index in [1.165, 1.54) is 11.8 Å². The highest BCUT2D eigenvalue weighted by molar-refractivity contribution is 8.00. The molecule has 0 unspecified atom stereocenters. The van der Waals surface area contributed by atoms with Gasteiger partial charge in [-0.25, -0.2) is 4.79 Å². The van der Waals surface area contributed by atoms with Crippen LogP contribution in [-0.2, 0) is 16.1 Å². The second-order valence-corrected chi connectivity index (χ2v) is 8.10. The molecule has 0 bridgehead atoms. The van der Waals surface area contributed by atoms with Crippen LogP contribution in [0, 0.1) is 0 Å². The van der Waals surface area contributed by atoms with Crippen LogP contribution in [0.15, 0.2) is 71.6 Å². The zero-order chi connectivity index (χ0) is 20.1. The monoisotopic (exact) mass is 405 g/mol. The summed E-state index contributed by atoms with van der Waals surface area (Å²) in [4.78, 5) is 27.7. The number of ether oxygens (including phenoxy) is 1. The van der Waals surface area contributed by atoms with Crippen LogP contribution in [-0.4, -0.2) is 35.6 Å². The number of esters is 1. The highest BCUT2D eigenvalue weighted by atomic mass is 32.2. The van der Waals surface area contributed by atoms with Gasteiger partial charge in [0.2, 0.25) is 5.91 Å². The largest absolute Gasteiger partial charge is 0.457 e. The number of thioether (sulfide) groups is 1. The predicted octanol–water partition coefficient (Wildman–Crippen LogP) is 4.91. The molecule has 0 atom stereocenters. The minimum absolute atomic E-state index is 0.131. The summed E-state index contributed by atoms with van der Waals surface area (Å²) in [5.41, 5.74) is 1.48. The fourth-order valence-electron chi connectivity index (χ4n) is 3.60. The Morgan fingerprint density at radius 2 is 1.62 bits per heavy atom. The quantitative estimate of drug-likeness (QED) is 0.432. The average molecular weight is 406 g/mol. The molecule has 1 aliphatic rings. The van der Waals surface area contributed by atoms with Crippen molar-refractivity contribution in [2.24, 2.45) is 0 Å². The zero-order valence-corrected chi connectivity index (χ0v) is 17.0. The highest BCUT2D eigenvalue weighted by Crippen LogP contribution is 2.25. The van der Waals surface area contributed by atoms with Crippen molar-refractivity contribution in [3.63, 3.8) is 0 Å². The van der Waals surface area contributed by atoms with Crippen LogP contribution in [0.1, 0.15) is 28.8 Å². The molecule has 0 saturated carbocycles. The number of rotatable bonds is 6. The van der Waals surface area contributed by atoms with Gasteiger partial charge in [0.05, 0.1) is 11.3 Å². The molecule has 0 N–H and O–H groups in total. The lowest BCUT2D eigenvalue weighted by Crippen LogP contribution is -2.29. The van der Waals surface area contributed by atoms with E-state index < -0.39 is 0 Å². The molecule has 148 valence electrons. The Balaban J connectivity index is 1.42. The molecule has 1 amide bonds. The van der Waals surface area contributed by atoms with E-state index in [1.54, 1.807) is 6.07 Å². The third-order valence-corrected chi connectivity index (χ3v) is 6.21. The smallest absolute Gasteiger partial charge is 0.339 e. The molecule has 5 heteroatoms. The summed E-state index contributed by atoms with van der Waals surface area (Å²) in [7, 11) is 0. The predicted molar refractivity (Wildman–Crippen MR) is 116 cm³/mol. The van der Waals surface area contributed by atoms with E-state index in [2.05, 4.69) is 0 Å². The van der Waals surface area contributed by atoms with Crippen molar-refractivity contribution in [3.8, 4) is 0 Å². The number of nitrogens with zero attached hydrogens (tertiary/aromatic N) is 1.